The third kappa shape index (κ3) is 5.16. The van der Waals surface area contributed by atoms with Gasteiger partial charge < -0.3 is 0 Å². The van der Waals surface area contributed by atoms with Gasteiger partial charge in [0.2, 0.25) is 0 Å². The maximum absolute atomic E-state index is 14.1. The molecule has 1 aromatic rings. The first-order valence-corrected chi connectivity index (χ1v) is 9.30. The Hall–Kier alpha value is -1.18. The highest BCUT2D eigenvalue weighted by Gasteiger charge is 2.22. The summed E-state index contributed by atoms with van der Waals surface area (Å²) in [5, 5.41) is 0. The number of halogens is 2. The molecule has 0 saturated heterocycles. The summed E-state index contributed by atoms with van der Waals surface area (Å²) in [4.78, 5) is 0. The fraction of sp³-hybridized carbons (Fsp3) is 0.619. The lowest BCUT2D eigenvalue weighted by atomic mass is 9.77. The quantitative estimate of drug-likeness (QED) is 0.486. The Bertz CT molecular complexity index is 493. The van der Waals surface area contributed by atoms with Crippen LogP contribution in [0.1, 0.15) is 88.7 Å². The highest BCUT2D eigenvalue weighted by Crippen LogP contribution is 2.38. The summed E-state index contributed by atoms with van der Waals surface area (Å²) in [6, 6.07) is 7.47. The second-order valence-electron chi connectivity index (χ2n) is 6.95. The molecule has 2 rings (SSSR count). The van der Waals surface area contributed by atoms with Crippen molar-refractivity contribution in [1.29, 1.82) is 0 Å². The topological polar surface area (TPSA) is 0 Å². The standard InChI is InChI=1S/C21H30F2/c1-3-5-7-20(22)21(23)19-14-12-18(13-15-19)17-10-8-16(6-4-2)9-11-17/h12-17H,3-11H2,1-2H3/b21-20+. The molecule has 1 aromatic carbocycles. The molecular weight excluding hydrogens is 290 g/mol. The minimum atomic E-state index is -0.684. The lowest BCUT2D eigenvalue weighted by Gasteiger charge is -2.28. The van der Waals surface area contributed by atoms with Crippen molar-refractivity contribution < 1.29 is 8.78 Å². The molecule has 0 N–H and O–H groups in total. The van der Waals surface area contributed by atoms with Crippen LogP contribution in [-0.2, 0) is 0 Å². The number of hydrogen-bond acceptors (Lipinski definition) is 0. The minimum Gasteiger partial charge on any atom is -0.209 e. The van der Waals surface area contributed by atoms with Gasteiger partial charge in [-0.15, -0.1) is 0 Å². The largest absolute Gasteiger partial charge is 0.209 e. The van der Waals surface area contributed by atoms with Gasteiger partial charge in [0, 0.05) is 12.0 Å². The maximum Gasteiger partial charge on any atom is 0.161 e. The van der Waals surface area contributed by atoms with E-state index in [2.05, 4.69) is 6.92 Å². The van der Waals surface area contributed by atoms with Gasteiger partial charge >= 0.3 is 0 Å². The molecule has 0 amide bonds. The summed E-state index contributed by atoms with van der Waals surface area (Å²) in [5.41, 5.74) is 1.66. The number of allylic oxidation sites excluding steroid dienone is 1. The maximum atomic E-state index is 14.1. The average Bonchev–Trinajstić information content (AvgIpc) is 2.60. The molecule has 0 unspecified atom stereocenters. The van der Waals surface area contributed by atoms with E-state index in [0.717, 1.165) is 12.3 Å². The van der Waals surface area contributed by atoms with E-state index in [1.165, 1.54) is 44.1 Å². The Labute approximate surface area is 140 Å². The van der Waals surface area contributed by atoms with Gasteiger partial charge in [0.25, 0.3) is 0 Å². The molecule has 128 valence electrons. The van der Waals surface area contributed by atoms with E-state index in [9.17, 15) is 8.78 Å². The predicted molar refractivity (Wildman–Crippen MR) is 94.7 cm³/mol. The van der Waals surface area contributed by atoms with Gasteiger partial charge in [-0.2, -0.15) is 0 Å². The number of unbranched alkanes of at least 4 members (excludes halogenated alkanes) is 1. The second-order valence-corrected chi connectivity index (χ2v) is 6.95. The number of benzene rings is 1. The van der Waals surface area contributed by atoms with Crippen molar-refractivity contribution in [3.8, 4) is 0 Å². The van der Waals surface area contributed by atoms with E-state index in [1.54, 1.807) is 12.1 Å². The molecule has 0 heterocycles. The van der Waals surface area contributed by atoms with Crippen LogP contribution >= 0.6 is 0 Å². The summed E-state index contributed by atoms with van der Waals surface area (Å²) in [6.45, 7) is 4.24. The van der Waals surface area contributed by atoms with Crippen molar-refractivity contribution in [2.75, 3.05) is 0 Å². The van der Waals surface area contributed by atoms with E-state index in [0.29, 0.717) is 17.9 Å². The van der Waals surface area contributed by atoms with Crippen LogP contribution in [0.3, 0.4) is 0 Å². The Kier molecular flexibility index (Phi) is 7.26. The van der Waals surface area contributed by atoms with Gasteiger partial charge in [-0.25, -0.2) is 8.78 Å². The summed E-state index contributed by atoms with van der Waals surface area (Å²) >= 11 is 0. The Morgan fingerprint density at radius 3 is 2.17 bits per heavy atom. The van der Waals surface area contributed by atoms with Crippen molar-refractivity contribution >= 4 is 5.83 Å². The fourth-order valence-electron chi connectivity index (χ4n) is 3.69. The lowest BCUT2D eigenvalue weighted by Crippen LogP contribution is -2.13. The van der Waals surface area contributed by atoms with Gasteiger partial charge in [0.15, 0.2) is 5.83 Å². The van der Waals surface area contributed by atoms with Crippen molar-refractivity contribution in [2.45, 2.75) is 77.6 Å². The van der Waals surface area contributed by atoms with E-state index in [1.807, 2.05) is 19.1 Å². The number of rotatable bonds is 7. The predicted octanol–water partition coefficient (Wildman–Crippen LogP) is 7.56. The molecule has 1 saturated carbocycles. The molecule has 1 fully saturated rings. The molecule has 0 bridgehead atoms. The highest BCUT2D eigenvalue weighted by molar-refractivity contribution is 5.61. The van der Waals surface area contributed by atoms with E-state index in [4.69, 9.17) is 0 Å². The molecule has 2 heteroatoms. The smallest absolute Gasteiger partial charge is 0.161 e. The molecule has 0 atom stereocenters. The van der Waals surface area contributed by atoms with Gasteiger partial charge in [-0.3, -0.25) is 0 Å². The normalized spacial score (nSPS) is 22.8. The molecule has 23 heavy (non-hydrogen) atoms. The van der Waals surface area contributed by atoms with Crippen LogP contribution in [0.4, 0.5) is 8.78 Å². The molecule has 1 aliphatic rings. The van der Waals surface area contributed by atoms with Crippen LogP contribution < -0.4 is 0 Å². The van der Waals surface area contributed by atoms with E-state index >= 15 is 0 Å². The summed E-state index contributed by atoms with van der Waals surface area (Å²) in [7, 11) is 0. The summed E-state index contributed by atoms with van der Waals surface area (Å²) in [6.07, 6.45) is 9.46. The first kappa shape index (κ1) is 18.2. The van der Waals surface area contributed by atoms with Crippen LogP contribution in [0.15, 0.2) is 30.1 Å². The van der Waals surface area contributed by atoms with Gasteiger partial charge in [-0.1, -0.05) is 57.4 Å². The third-order valence-corrected chi connectivity index (χ3v) is 5.17. The Morgan fingerprint density at radius 1 is 0.957 bits per heavy atom. The molecule has 1 aliphatic carbocycles. The van der Waals surface area contributed by atoms with Crippen LogP contribution in [0.2, 0.25) is 0 Å². The van der Waals surface area contributed by atoms with Crippen LogP contribution in [-0.4, -0.2) is 0 Å². The highest BCUT2D eigenvalue weighted by atomic mass is 19.2. The molecule has 0 radical (unpaired) electrons. The van der Waals surface area contributed by atoms with E-state index < -0.39 is 11.7 Å². The summed E-state index contributed by atoms with van der Waals surface area (Å²) in [5.74, 6) is 0.189. The zero-order valence-corrected chi connectivity index (χ0v) is 14.6. The molecule has 0 nitrogen and oxygen atoms in total. The molecule has 0 aliphatic heterocycles. The minimum absolute atomic E-state index is 0.200. The third-order valence-electron chi connectivity index (χ3n) is 5.17. The van der Waals surface area contributed by atoms with E-state index in [-0.39, 0.29) is 6.42 Å². The monoisotopic (exact) mass is 320 g/mol. The fourth-order valence-corrected chi connectivity index (χ4v) is 3.69. The van der Waals surface area contributed by atoms with Crippen LogP contribution in [0.5, 0.6) is 0 Å². The average molecular weight is 320 g/mol. The first-order chi connectivity index (χ1) is 11.2. The molecule has 0 aromatic heterocycles. The zero-order chi connectivity index (χ0) is 16.7. The van der Waals surface area contributed by atoms with Crippen molar-refractivity contribution in [3.63, 3.8) is 0 Å². The molecular formula is C21H30F2. The van der Waals surface area contributed by atoms with Crippen LogP contribution in [0.25, 0.3) is 5.83 Å². The first-order valence-electron chi connectivity index (χ1n) is 9.30. The van der Waals surface area contributed by atoms with Crippen molar-refractivity contribution in [2.24, 2.45) is 5.92 Å². The van der Waals surface area contributed by atoms with Gasteiger partial charge in [-0.05, 0) is 49.5 Å². The second kappa shape index (κ2) is 9.20. The summed E-state index contributed by atoms with van der Waals surface area (Å²) < 4.78 is 27.8. The van der Waals surface area contributed by atoms with Crippen molar-refractivity contribution in [1.82, 2.24) is 0 Å². The van der Waals surface area contributed by atoms with Crippen LogP contribution in [0, 0.1) is 5.92 Å². The number of hydrogen-bond donors (Lipinski definition) is 0. The van der Waals surface area contributed by atoms with Gasteiger partial charge in [0.1, 0.15) is 5.83 Å². The molecule has 0 spiro atoms. The zero-order valence-electron chi connectivity index (χ0n) is 14.6. The van der Waals surface area contributed by atoms with Crippen molar-refractivity contribution in [3.05, 3.63) is 41.2 Å². The lowest BCUT2D eigenvalue weighted by molar-refractivity contribution is 0.308. The SMILES string of the molecule is CCCC/C(F)=C(\F)c1ccc(C2CCC(CCC)CC2)cc1. The van der Waals surface area contributed by atoms with Gasteiger partial charge in [0.05, 0.1) is 0 Å². The Balaban J connectivity index is 1.97. The Morgan fingerprint density at radius 2 is 1.61 bits per heavy atom.